The highest BCUT2D eigenvalue weighted by molar-refractivity contribution is 6.39. The summed E-state index contributed by atoms with van der Waals surface area (Å²) < 4.78 is 5.00. The summed E-state index contributed by atoms with van der Waals surface area (Å²) in [5.74, 6) is -1.32. The smallest absolute Gasteiger partial charge is 0.313 e. The van der Waals surface area contributed by atoms with Crippen molar-refractivity contribution in [3.8, 4) is 5.88 Å². The van der Waals surface area contributed by atoms with Crippen molar-refractivity contribution < 1.29 is 14.3 Å². The Kier molecular flexibility index (Phi) is 5.32. The van der Waals surface area contributed by atoms with Crippen molar-refractivity contribution in [1.82, 2.24) is 10.3 Å². The van der Waals surface area contributed by atoms with E-state index in [4.69, 9.17) is 16.3 Å². The van der Waals surface area contributed by atoms with Crippen molar-refractivity contribution in [3.05, 3.63) is 53.2 Å². The van der Waals surface area contributed by atoms with E-state index >= 15 is 0 Å². The third-order valence-electron chi connectivity index (χ3n) is 2.76. The van der Waals surface area contributed by atoms with Gasteiger partial charge in [-0.15, -0.1) is 0 Å². The lowest BCUT2D eigenvalue weighted by atomic mass is 10.2. The number of anilines is 1. The van der Waals surface area contributed by atoms with Crippen LogP contribution in [-0.2, 0) is 16.1 Å². The molecule has 0 saturated heterocycles. The Morgan fingerprint density at radius 3 is 2.77 bits per heavy atom. The van der Waals surface area contributed by atoms with E-state index in [0.29, 0.717) is 10.7 Å². The minimum Gasteiger partial charge on any atom is -0.480 e. The number of nitrogens with one attached hydrogen (secondary N) is 2. The van der Waals surface area contributed by atoms with Crippen LogP contribution in [-0.4, -0.2) is 23.9 Å². The molecule has 2 N–H and O–H groups in total. The summed E-state index contributed by atoms with van der Waals surface area (Å²) >= 11 is 5.85. The number of carbonyl (C=O) groups is 2. The van der Waals surface area contributed by atoms with Crippen LogP contribution in [0, 0.1) is 0 Å². The zero-order chi connectivity index (χ0) is 15.9. The van der Waals surface area contributed by atoms with E-state index in [-0.39, 0.29) is 12.4 Å². The minimum absolute atomic E-state index is 0.205. The molecular formula is C15H14ClN3O3. The summed E-state index contributed by atoms with van der Waals surface area (Å²) in [6, 6.07) is 10.2. The monoisotopic (exact) mass is 319 g/mol. The van der Waals surface area contributed by atoms with Gasteiger partial charge in [0.2, 0.25) is 5.88 Å². The van der Waals surface area contributed by atoms with Gasteiger partial charge in [-0.25, -0.2) is 4.98 Å². The van der Waals surface area contributed by atoms with Crippen molar-refractivity contribution in [2.24, 2.45) is 0 Å². The Hall–Kier alpha value is -2.60. The molecule has 1 aromatic carbocycles. The highest BCUT2D eigenvalue weighted by Gasteiger charge is 2.15. The molecular weight excluding hydrogens is 306 g/mol. The molecule has 0 unspecified atom stereocenters. The van der Waals surface area contributed by atoms with E-state index in [1.807, 2.05) is 0 Å². The number of nitrogens with zero attached hydrogens (tertiary/aromatic N) is 1. The number of amides is 2. The average Bonchev–Trinajstić information content (AvgIpc) is 2.53. The third kappa shape index (κ3) is 4.20. The molecule has 0 bridgehead atoms. The number of methoxy groups -OCH3 is 1. The van der Waals surface area contributed by atoms with Crippen LogP contribution >= 0.6 is 11.6 Å². The van der Waals surface area contributed by atoms with E-state index < -0.39 is 11.8 Å². The van der Waals surface area contributed by atoms with Crippen LogP contribution in [0.2, 0.25) is 5.02 Å². The molecule has 2 aromatic rings. The lowest BCUT2D eigenvalue weighted by molar-refractivity contribution is -0.136. The number of hydrogen-bond acceptors (Lipinski definition) is 4. The molecule has 2 amide bonds. The zero-order valence-corrected chi connectivity index (χ0v) is 12.6. The summed E-state index contributed by atoms with van der Waals surface area (Å²) in [5.41, 5.74) is 1.13. The second-order valence-electron chi connectivity index (χ2n) is 4.33. The van der Waals surface area contributed by atoms with E-state index in [0.717, 1.165) is 5.56 Å². The molecule has 0 aliphatic rings. The van der Waals surface area contributed by atoms with Gasteiger partial charge < -0.3 is 15.4 Å². The number of pyridine rings is 1. The Morgan fingerprint density at radius 2 is 2.05 bits per heavy atom. The molecule has 0 spiro atoms. The quantitative estimate of drug-likeness (QED) is 0.845. The molecule has 2 rings (SSSR count). The van der Waals surface area contributed by atoms with Crippen LogP contribution in [0.1, 0.15) is 5.56 Å². The average molecular weight is 320 g/mol. The number of halogens is 1. The van der Waals surface area contributed by atoms with Gasteiger partial charge in [0.25, 0.3) is 0 Å². The minimum atomic E-state index is -0.798. The van der Waals surface area contributed by atoms with Crippen molar-refractivity contribution in [2.75, 3.05) is 12.4 Å². The first-order chi connectivity index (χ1) is 10.6. The van der Waals surface area contributed by atoms with Gasteiger partial charge in [0.05, 0.1) is 7.11 Å². The predicted molar refractivity (Wildman–Crippen MR) is 82.7 cm³/mol. The van der Waals surface area contributed by atoms with Crippen molar-refractivity contribution >= 4 is 29.1 Å². The standard InChI is InChI=1S/C15H14ClN3O3/c1-22-15-12(6-3-7-17-15)19-14(21)13(20)18-9-10-4-2-5-11(16)8-10/h2-8H,9H2,1H3,(H,18,20)(H,19,21). The Morgan fingerprint density at radius 1 is 1.23 bits per heavy atom. The largest absolute Gasteiger partial charge is 0.480 e. The molecule has 0 aliphatic heterocycles. The molecule has 0 atom stereocenters. The molecule has 114 valence electrons. The fraction of sp³-hybridized carbons (Fsp3) is 0.133. The SMILES string of the molecule is COc1ncccc1NC(=O)C(=O)NCc1cccc(Cl)c1. The maximum absolute atomic E-state index is 11.8. The summed E-state index contributed by atoms with van der Waals surface area (Å²) in [6.45, 7) is 0.205. The number of aromatic nitrogens is 1. The first kappa shape index (κ1) is 15.8. The fourth-order valence-electron chi connectivity index (χ4n) is 1.74. The molecule has 0 radical (unpaired) electrons. The Labute approximate surface area is 132 Å². The summed E-state index contributed by atoms with van der Waals surface area (Å²) in [6.07, 6.45) is 1.52. The summed E-state index contributed by atoms with van der Waals surface area (Å²) in [7, 11) is 1.43. The fourth-order valence-corrected chi connectivity index (χ4v) is 1.95. The lowest BCUT2D eigenvalue weighted by Gasteiger charge is -2.09. The van der Waals surface area contributed by atoms with Crippen LogP contribution < -0.4 is 15.4 Å². The summed E-state index contributed by atoms with van der Waals surface area (Å²) in [4.78, 5) is 27.6. The molecule has 0 saturated carbocycles. The third-order valence-corrected chi connectivity index (χ3v) is 3.00. The second kappa shape index (κ2) is 7.42. The number of carbonyl (C=O) groups excluding carboxylic acids is 2. The second-order valence-corrected chi connectivity index (χ2v) is 4.76. The molecule has 6 nitrogen and oxygen atoms in total. The topological polar surface area (TPSA) is 80.3 Å². The van der Waals surface area contributed by atoms with Crippen LogP contribution in [0.15, 0.2) is 42.6 Å². The lowest BCUT2D eigenvalue weighted by Crippen LogP contribution is -2.35. The van der Waals surface area contributed by atoms with E-state index in [1.54, 1.807) is 36.4 Å². The van der Waals surface area contributed by atoms with Crippen molar-refractivity contribution in [1.29, 1.82) is 0 Å². The molecule has 0 fully saturated rings. The molecule has 22 heavy (non-hydrogen) atoms. The summed E-state index contributed by atoms with van der Waals surface area (Å²) in [5, 5.41) is 5.52. The van der Waals surface area contributed by atoms with E-state index in [9.17, 15) is 9.59 Å². The zero-order valence-electron chi connectivity index (χ0n) is 11.8. The number of benzene rings is 1. The van der Waals surface area contributed by atoms with Gasteiger partial charge in [-0.05, 0) is 29.8 Å². The normalized spacial score (nSPS) is 9.91. The van der Waals surface area contributed by atoms with Gasteiger partial charge in [0.1, 0.15) is 5.69 Å². The first-order valence-electron chi connectivity index (χ1n) is 6.43. The maximum Gasteiger partial charge on any atom is 0.313 e. The van der Waals surface area contributed by atoms with Gasteiger partial charge in [-0.2, -0.15) is 0 Å². The molecule has 0 aliphatic carbocycles. The first-order valence-corrected chi connectivity index (χ1v) is 6.80. The van der Waals surface area contributed by atoms with Crippen LogP contribution in [0.4, 0.5) is 5.69 Å². The van der Waals surface area contributed by atoms with Gasteiger partial charge in [-0.1, -0.05) is 23.7 Å². The van der Waals surface area contributed by atoms with Gasteiger partial charge in [0, 0.05) is 17.8 Å². The Bertz CT molecular complexity index is 691. The van der Waals surface area contributed by atoms with Gasteiger partial charge >= 0.3 is 11.8 Å². The maximum atomic E-state index is 11.8. The van der Waals surface area contributed by atoms with Crippen LogP contribution in [0.3, 0.4) is 0 Å². The molecule has 1 heterocycles. The highest BCUT2D eigenvalue weighted by atomic mass is 35.5. The highest BCUT2D eigenvalue weighted by Crippen LogP contribution is 2.19. The van der Waals surface area contributed by atoms with Crippen molar-refractivity contribution in [3.63, 3.8) is 0 Å². The van der Waals surface area contributed by atoms with Crippen molar-refractivity contribution in [2.45, 2.75) is 6.54 Å². The number of rotatable bonds is 4. The number of ether oxygens (including phenoxy) is 1. The molecule has 1 aromatic heterocycles. The van der Waals surface area contributed by atoms with Gasteiger partial charge in [-0.3, -0.25) is 9.59 Å². The predicted octanol–water partition coefficient (Wildman–Crippen LogP) is 2.00. The number of hydrogen-bond donors (Lipinski definition) is 2. The Balaban J connectivity index is 1.93. The van der Waals surface area contributed by atoms with Crippen LogP contribution in [0.5, 0.6) is 5.88 Å². The van der Waals surface area contributed by atoms with Gasteiger partial charge in [0.15, 0.2) is 0 Å². The molecule has 7 heteroatoms. The van der Waals surface area contributed by atoms with Crippen LogP contribution in [0.25, 0.3) is 0 Å². The van der Waals surface area contributed by atoms with E-state index in [2.05, 4.69) is 15.6 Å². The van der Waals surface area contributed by atoms with E-state index in [1.165, 1.54) is 13.3 Å².